The first-order valence-electron chi connectivity index (χ1n) is 5.56. The molecule has 0 aromatic carbocycles. The van der Waals surface area contributed by atoms with Gasteiger partial charge in [-0.05, 0) is 18.9 Å². The molecule has 2 heterocycles. The maximum absolute atomic E-state index is 12.5. The highest BCUT2D eigenvalue weighted by molar-refractivity contribution is 5.52. The molecule has 0 radical (unpaired) electrons. The fraction of sp³-hybridized carbons (Fsp3) is 0.545. The average Bonchev–Trinajstić information content (AvgIpc) is 2.38. The van der Waals surface area contributed by atoms with E-state index in [2.05, 4.69) is 10.2 Å². The molecule has 4 nitrogen and oxygen atoms in total. The molecule has 0 bridgehead atoms. The van der Waals surface area contributed by atoms with Crippen LogP contribution in [0.25, 0.3) is 0 Å². The first kappa shape index (κ1) is 12.6. The molecule has 1 aliphatic heterocycles. The Morgan fingerprint density at radius 1 is 1.33 bits per heavy atom. The highest BCUT2D eigenvalue weighted by Gasteiger charge is 2.41. The second kappa shape index (κ2) is 4.80. The predicted octanol–water partition coefficient (Wildman–Crippen LogP) is 2.13. The molecular weight excluding hydrogens is 245 g/mol. The van der Waals surface area contributed by atoms with Gasteiger partial charge in [0, 0.05) is 13.1 Å². The largest absolute Gasteiger partial charge is 0.391 e. The van der Waals surface area contributed by atoms with Gasteiger partial charge >= 0.3 is 6.18 Å². The number of rotatable bonds is 1. The van der Waals surface area contributed by atoms with Gasteiger partial charge in [0.25, 0.3) is 0 Å². The minimum absolute atomic E-state index is 0.0327. The van der Waals surface area contributed by atoms with Gasteiger partial charge in [-0.2, -0.15) is 23.5 Å². The van der Waals surface area contributed by atoms with E-state index < -0.39 is 12.1 Å². The fourth-order valence-electron chi connectivity index (χ4n) is 2.06. The number of hydrogen-bond acceptors (Lipinski definition) is 4. The van der Waals surface area contributed by atoms with Crippen LogP contribution in [0.5, 0.6) is 0 Å². The summed E-state index contributed by atoms with van der Waals surface area (Å²) in [5.74, 6) is -0.878. The van der Waals surface area contributed by atoms with Gasteiger partial charge in [0.2, 0.25) is 0 Å². The summed E-state index contributed by atoms with van der Waals surface area (Å²) in [5, 5.41) is 16.4. The van der Waals surface area contributed by atoms with Gasteiger partial charge in [-0.25, -0.2) is 0 Å². The van der Waals surface area contributed by atoms with Crippen molar-refractivity contribution in [2.45, 2.75) is 19.0 Å². The molecule has 0 N–H and O–H groups in total. The number of hydrogen-bond donors (Lipinski definition) is 0. The summed E-state index contributed by atoms with van der Waals surface area (Å²) in [7, 11) is 0. The zero-order valence-electron chi connectivity index (χ0n) is 9.48. The predicted molar refractivity (Wildman–Crippen MR) is 57.7 cm³/mol. The normalized spacial score (nSPS) is 17.6. The van der Waals surface area contributed by atoms with Crippen molar-refractivity contribution < 1.29 is 13.2 Å². The van der Waals surface area contributed by atoms with Gasteiger partial charge in [-0.1, -0.05) is 0 Å². The molecule has 1 aromatic heterocycles. The van der Waals surface area contributed by atoms with Crippen molar-refractivity contribution >= 4 is 5.82 Å². The second-order valence-electron chi connectivity index (χ2n) is 4.18. The number of piperidine rings is 1. The quantitative estimate of drug-likeness (QED) is 0.772. The zero-order chi connectivity index (χ0) is 13.2. The van der Waals surface area contributed by atoms with Crippen molar-refractivity contribution in [1.29, 1.82) is 5.26 Å². The third kappa shape index (κ3) is 2.53. The Morgan fingerprint density at radius 2 is 2.00 bits per heavy atom. The summed E-state index contributed by atoms with van der Waals surface area (Å²) < 4.78 is 37.6. The number of halogens is 3. The summed E-state index contributed by atoms with van der Waals surface area (Å²) in [4.78, 5) is 1.69. The lowest BCUT2D eigenvalue weighted by Crippen LogP contribution is -2.39. The molecule has 7 heteroatoms. The molecule has 1 aromatic rings. The molecule has 0 atom stereocenters. The average molecular weight is 256 g/mol. The van der Waals surface area contributed by atoms with E-state index >= 15 is 0 Å². The zero-order valence-corrected chi connectivity index (χ0v) is 9.48. The van der Waals surface area contributed by atoms with Crippen LogP contribution in [-0.4, -0.2) is 29.5 Å². The summed E-state index contributed by atoms with van der Waals surface area (Å²) in [5.41, 5.74) is 0.343. The van der Waals surface area contributed by atoms with Crippen LogP contribution in [0.2, 0.25) is 0 Å². The lowest BCUT2D eigenvalue weighted by atomic mass is 9.96. The van der Waals surface area contributed by atoms with Gasteiger partial charge in [-0.15, -0.1) is 5.10 Å². The van der Waals surface area contributed by atoms with Crippen LogP contribution in [0.4, 0.5) is 19.0 Å². The van der Waals surface area contributed by atoms with E-state index in [0.717, 1.165) is 0 Å². The lowest BCUT2D eigenvalue weighted by Gasteiger charge is -2.33. The molecule has 0 amide bonds. The van der Waals surface area contributed by atoms with Crippen molar-refractivity contribution in [2.75, 3.05) is 18.0 Å². The molecule has 0 saturated carbocycles. The van der Waals surface area contributed by atoms with Crippen molar-refractivity contribution in [2.24, 2.45) is 5.92 Å². The van der Waals surface area contributed by atoms with Gasteiger partial charge in [0.1, 0.15) is 6.07 Å². The van der Waals surface area contributed by atoms with Crippen molar-refractivity contribution in [1.82, 2.24) is 10.2 Å². The van der Waals surface area contributed by atoms with Gasteiger partial charge < -0.3 is 4.90 Å². The smallest absolute Gasteiger partial charge is 0.354 e. The van der Waals surface area contributed by atoms with Crippen LogP contribution in [-0.2, 0) is 0 Å². The van der Waals surface area contributed by atoms with E-state index in [4.69, 9.17) is 5.26 Å². The molecule has 0 aliphatic carbocycles. The number of nitriles is 1. The minimum atomic E-state index is -4.13. The van der Waals surface area contributed by atoms with E-state index in [1.165, 1.54) is 12.3 Å². The van der Waals surface area contributed by atoms with E-state index in [1.807, 2.05) is 6.07 Å². The first-order chi connectivity index (χ1) is 8.52. The first-order valence-corrected chi connectivity index (χ1v) is 5.56. The molecule has 1 fully saturated rings. The molecule has 0 spiro atoms. The Kier molecular flexibility index (Phi) is 3.36. The van der Waals surface area contributed by atoms with Crippen molar-refractivity contribution in [3.63, 3.8) is 0 Å². The van der Waals surface area contributed by atoms with E-state index in [9.17, 15) is 13.2 Å². The van der Waals surface area contributed by atoms with Crippen LogP contribution in [0, 0.1) is 17.2 Å². The molecule has 1 aliphatic rings. The van der Waals surface area contributed by atoms with Crippen LogP contribution in [0.15, 0.2) is 12.3 Å². The number of alkyl halides is 3. The SMILES string of the molecule is N#Cc1ccnnc1N1CCC(C(F)(F)F)CC1. The highest BCUT2D eigenvalue weighted by Crippen LogP contribution is 2.35. The summed E-state index contributed by atoms with van der Waals surface area (Å²) >= 11 is 0. The topological polar surface area (TPSA) is 52.8 Å². The van der Waals surface area contributed by atoms with Crippen molar-refractivity contribution in [3.8, 4) is 6.07 Å². The van der Waals surface area contributed by atoms with Crippen LogP contribution < -0.4 is 4.90 Å². The maximum atomic E-state index is 12.5. The number of anilines is 1. The minimum Gasteiger partial charge on any atom is -0.354 e. The molecule has 0 unspecified atom stereocenters. The molecule has 18 heavy (non-hydrogen) atoms. The van der Waals surface area contributed by atoms with Crippen LogP contribution in [0.1, 0.15) is 18.4 Å². The lowest BCUT2D eigenvalue weighted by molar-refractivity contribution is -0.179. The highest BCUT2D eigenvalue weighted by atomic mass is 19.4. The Morgan fingerprint density at radius 3 is 2.56 bits per heavy atom. The van der Waals surface area contributed by atoms with Crippen LogP contribution >= 0.6 is 0 Å². The fourth-order valence-corrected chi connectivity index (χ4v) is 2.06. The van der Waals surface area contributed by atoms with E-state index in [-0.39, 0.29) is 25.9 Å². The van der Waals surface area contributed by atoms with Crippen LogP contribution in [0.3, 0.4) is 0 Å². The molecule has 2 rings (SSSR count). The maximum Gasteiger partial charge on any atom is 0.391 e. The van der Waals surface area contributed by atoms with Crippen molar-refractivity contribution in [3.05, 3.63) is 17.8 Å². The summed E-state index contributed by atoms with van der Waals surface area (Å²) in [6.07, 6.45) is -2.67. The van der Waals surface area contributed by atoms with Gasteiger partial charge in [-0.3, -0.25) is 0 Å². The van der Waals surface area contributed by atoms with Gasteiger partial charge in [0.15, 0.2) is 5.82 Å². The molecule has 1 saturated heterocycles. The van der Waals surface area contributed by atoms with Gasteiger partial charge in [0.05, 0.1) is 17.7 Å². The third-order valence-electron chi connectivity index (χ3n) is 3.08. The third-order valence-corrected chi connectivity index (χ3v) is 3.08. The Labute approximate surface area is 102 Å². The second-order valence-corrected chi connectivity index (χ2v) is 4.18. The van der Waals surface area contributed by atoms with E-state index in [0.29, 0.717) is 11.4 Å². The summed E-state index contributed by atoms with van der Waals surface area (Å²) in [6.45, 7) is 0.495. The summed E-state index contributed by atoms with van der Waals surface area (Å²) in [6, 6.07) is 3.48. The molecular formula is C11H11F3N4. The molecule has 96 valence electrons. The van der Waals surface area contributed by atoms with E-state index in [1.54, 1.807) is 4.90 Å². The Balaban J connectivity index is 2.09. The number of nitrogens with zero attached hydrogens (tertiary/aromatic N) is 4. The Hall–Kier alpha value is -1.84. The monoisotopic (exact) mass is 256 g/mol. The number of aromatic nitrogens is 2. The Bertz CT molecular complexity index is 458. The standard InChI is InChI=1S/C11H11F3N4/c12-11(13,14)9-2-5-18(6-3-9)10-8(7-15)1-4-16-17-10/h1,4,9H,2-3,5-6H2.